The van der Waals surface area contributed by atoms with Crippen molar-refractivity contribution in [2.75, 3.05) is 7.11 Å². The summed E-state index contributed by atoms with van der Waals surface area (Å²) in [6.07, 6.45) is 1.75. The highest BCUT2D eigenvalue weighted by molar-refractivity contribution is 9.10. The summed E-state index contributed by atoms with van der Waals surface area (Å²) in [6, 6.07) is 12.3. The van der Waals surface area contributed by atoms with Crippen molar-refractivity contribution < 1.29 is 4.74 Å². The van der Waals surface area contributed by atoms with E-state index in [4.69, 9.17) is 4.74 Å². The van der Waals surface area contributed by atoms with Gasteiger partial charge in [-0.1, -0.05) is 40.2 Å². The van der Waals surface area contributed by atoms with Gasteiger partial charge in [-0.25, -0.2) is 0 Å². The van der Waals surface area contributed by atoms with Gasteiger partial charge in [-0.2, -0.15) is 0 Å². The molecule has 2 nitrogen and oxygen atoms in total. The molecule has 3 rings (SSSR count). The second kappa shape index (κ2) is 4.00. The van der Waals surface area contributed by atoms with E-state index in [2.05, 4.69) is 39.1 Å². The molecule has 0 bridgehead atoms. The number of ether oxygens (including phenoxy) is 1. The van der Waals surface area contributed by atoms with Crippen molar-refractivity contribution in [1.82, 2.24) is 4.98 Å². The van der Waals surface area contributed by atoms with Crippen LogP contribution in [0.3, 0.4) is 0 Å². The smallest absolute Gasteiger partial charge is 0.137 e. The Hall–Kier alpha value is -1.61. The lowest BCUT2D eigenvalue weighted by molar-refractivity contribution is 0.414. The molecule has 0 aliphatic rings. The zero-order chi connectivity index (χ0) is 11.8. The van der Waals surface area contributed by atoms with Gasteiger partial charge in [-0.15, -0.1) is 0 Å². The summed E-state index contributed by atoms with van der Waals surface area (Å²) >= 11 is 3.60. The molecule has 0 fully saturated rings. The Labute approximate surface area is 107 Å². The summed E-state index contributed by atoms with van der Waals surface area (Å²) in [7, 11) is 1.65. The van der Waals surface area contributed by atoms with Crippen molar-refractivity contribution in [3.05, 3.63) is 47.1 Å². The molecule has 0 atom stereocenters. The fourth-order valence-corrected chi connectivity index (χ4v) is 2.61. The average Bonchev–Trinajstić information content (AvgIpc) is 2.38. The summed E-state index contributed by atoms with van der Waals surface area (Å²) < 4.78 is 6.28. The number of fused-ring (bicyclic) bond motifs is 3. The van der Waals surface area contributed by atoms with Gasteiger partial charge in [-0.05, 0) is 17.5 Å². The van der Waals surface area contributed by atoms with Crippen LogP contribution in [-0.4, -0.2) is 12.1 Å². The normalized spacial score (nSPS) is 10.9. The minimum absolute atomic E-state index is 0.777. The third-order valence-corrected chi connectivity index (χ3v) is 3.51. The summed E-state index contributed by atoms with van der Waals surface area (Å²) in [5.41, 5.74) is 1.00. The second-order valence-corrected chi connectivity index (χ2v) is 4.71. The number of nitrogens with zero attached hydrogens (tertiary/aromatic N) is 1. The molecule has 0 saturated carbocycles. The van der Waals surface area contributed by atoms with E-state index in [1.807, 2.05) is 18.2 Å². The molecule has 1 heterocycles. The van der Waals surface area contributed by atoms with Gasteiger partial charge in [0.2, 0.25) is 0 Å². The molecule has 0 unspecified atom stereocenters. The number of hydrogen-bond donors (Lipinski definition) is 0. The van der Waals surface area contributed by atoms with E-state index < -0.39 is 0 Å². The maximum absolute atomic E-state index is 5.20. The number of pyridine rings is 1. The number of halogens is 1. The van der Waals surface area contributed by atoms with Crippen LogP contribution < -0.4 is 4.74 Å². The molecule has 0 spiro atoms. The molecule has 0 radical (unpaired) electrons. The number of benzene rings is 2. The molecule has 0 N–H and O–H groups in total. The quantitative estimate of drug-likeness (QED) is 0.627. The molecule has 3 aromatic rings. The molecule has 1 aromatic heterocycles. The molecular formula is C14H10BrNO. The van der Waals surface area contributed by atoms with E-state index in [1.165, 1.54) is 5.39 Å². The fourth-order valence-electron chi connectivity index (χ4n) is 2.02. The van der Waals surface area contributed by atoms with E-state index in [0.29, 0.717) is 0 Å². The molecule has 0 aliphatic heterocycles. The number of rotatable bonds is 1. The Balaban J connectivity index is 2.48. The highest BCUT2D eigenvalue weighted by atomic mass is 79.9. The Morgan fingerprint density at radius 2 is 1.88 bits per heavy atom. The summed E-state index contributed by atoms with van der Waals surface area (Å²) in [4.78, 5) is 4.48. The van der Waals surface area contributed by atoms with E-state index in [9.17, 15) is 0 Å². The van der Waals surface area contributed by atoms with Crippen molar-refractivity contribution in [2.45, 2.75) is 0 Å². The van der Waals surface area contributed by atoms with Gasteiger partial charge < -0.3 is 4.74 Å². The summed E-state index contributed by atoms with van der Waals surface area (Å²) in [5.74, 6) is 0.777. The topological polar surface area (TPSA) is 22.1 Å². The van der Waals surface area contributed by atoms with Gasteiger partial charge in [-0.3, -0.25) is 4.98 Å². The monoisotopic (exact) mass is 287 g/mol. The Bertz CT molecular complexity index is 709. The van der Waals surface area contributed by atoms with Crippen molar-refractivity contribution in [1.29, 1.82) is 0 Å². The highest BCUT2D eigenvalue weighted by Crippen LogP contribution is 2.31. The van der Waals surface area contributed by atoms with Gasteiger partial charge in [0.05, 0.1) is 18.8 Å². The second-order valence-electron chi connectivity index (χ2n) is 3.85. The minimum Gasteiger partial charge on any atom is -0.495 e. The van der Waals surface area contributed by atoms with E-state index in [-0.39, 0.29) is 0 Å². The number of hydrogen-bond acceptors (Lipinski definition) is 2. The van der Waals surface area contributed by atoms with Gasteiger partial charge in [0.1, 0.15) is 5.75 Å². The summed E-state index contributed by atoms with van der Waals surface area (Å²) in [5, 5.41) is 3.41. The number of aromatic nitrogens is 1. The SMILES string of the molecule is COc1cnc2c(c1)cc(Br)c1ccccc12. The van der Waals surface area contributed by atoms with Crippen LogP contribution in [-0.2, 0) is 0 Å². The van der Waals surface area contributed by atoms with Crippen LogP contribution in [0.1, 0.15) is 0 Å². The Morgan fingerprint density at radius 1 is 1.12 bits per heavy atom. The van der Waals surface area contributed by atoms with Crippen LogP contribution in [0.5, 0.6) is 5.75 Å². The molecule has 3 heteroatoms. The highest BCUT2D eigenvalue weighted by Gasteiger charge is 2.06. The Morgan fingerprint density at radius 3 is 2.65 bits per heavy atom. The van der Waals surface area contributed by atoms with Crippen molar-refractivity contribution in [3.8, 4) is 5.75 Å². The molecule has 0 saturated heterocycles. The van der Waals surface area contributed by atoms with Crippen molar-refractivity contribution in [2.24, 2.45) is 0 Å². The van der Waals surface area contributed by atoms with E-state index in [0.717, 1.165) is 26.5 Å². The zero-order valence-electron chi connectivity index (χ0n) is 9.27. The average molecular weight is 288 g/mol. The first-order chi connectivity index (χ1) is 8.29. The lowest BCUT2D eigenvalue weighted by Gasteiger charge is -2.07. The largest absolute Gasteiger partial charge is 0.495 e. The predicted molar refractivity (Wildman–Crippen MR) is 73.5 cm³/mol. The molecule has 2 aromatic carbocycles. The van der Waals surface area contributed by atoms with Crippen LogP contribution in [0.15, 0.2) is 47.1 Å². The molecule has 0 aliphatic carbocycles. The van der Waals surface area contributed by atoms with E-state index >= 15 is 0 Å². The third-order valence-electron chi connectivity index (χ3n) is 2.85. The third kappa shape index (κ3) is 1.67. The Kier molecular flexibility index (Phi) is 2.48. The predicted octanol–water partition coefficient (Wildman–Crippen LogP) is 4.16. The number of methoxy groups -OCH3 is 1. The molecule has 84 valence electrons. The molecule has 0 amide bonds. The maximum atomic E-state index is 5.20. The van der Waals surface area contributed by atoms with Crippen LogP contribution >= 0.6 is 15.9 Å². The van der Waals surface area contributed by atoms with Gasteiger partial charge >= 0.3 is 0 Å². The standard InChI is InChI=1S/C14H10BrNO/c1-17-10-6-9-7-13(15)11-4-2-3-5-12(11)14(9)16-8-10/h2-8H,1H3. The molecular weight excluding hydrogens is 278 g/mol. The van der Waals surface area contributed by atoms with Gasteiger partial charge in [0.25, 0.3) is 0 Å². The van der Waals surface area contributed by atoms with Crippen LogP contribution in [0.4, 0.5) is 0 Å². The first-order valence-corrected chi connectivity index (χ1v) is 6.10. The van der Waals surface area contributed by atoms with Crippen LogP contribution in [0.2, 0.25) is 0 Å². The first-order valence-electron chi connectivity index (χ1n) is 5.30. The van der Waals surface area contributed by atoms with E-state index in [1.54, 1.807) is 13.3 Å². The van der Waals surface area contributed by atoms with Crippen molar-refractivity contribution >= 4 is 37.6 Å². The lowest BCUT2D eigenvalue weighted by Crippen LogP contribution is -1.87. The maximum Gasteiger partial charge on any atom is 0.137 e. The van der Waals surface area contributed by atoms with Crippen LogP contribution in [0.25, 0.3) is 21.7 Å². The van der Waals surface area contributed by atoms with Crippen molar-refractivity contribution in [3.63, 3.8) is 0 Å². The minimum atomic E-state index is 0.777. The van der Waals surface area contributed by atoms with Gasteiger partial charge in [0, 0.05) is 15.2 Å². The zero-order valence-corrected chi connectivity index (χ0v) is 10.9. The lowest BCUT2D eigenvalue weighted by atomic mass is 10.1. The fraction of sp³-hybridized carbons (Fsp3) is 0.0714. The van der Waals surface area contributed by atoms with Crippen LogP contribution in [0, 0.1) is 0 Å². The summed E-state index contributed by atoms with van der Waals surface area (Å²) in [6.45, 7) is 0. The first kappa shape index (κ1) is 10.5. The molecule has 17 heavy (non-hydrogen) atoms. The van der Waals surface area contributed by atoms with Gasteiger partial charge in [0.15, 0.2) is 0 Å².